The fourth-order valence-electron chi connectivity index (χ4n) is 6.71. The molecule has 1 saturated carbocycles. The smallest absolute Gasteiger partial charge is 0.117 e. The van der Waals surface area contributed by atoms with Crippen molar-refractivity contribution in [2.24, 2.45) is 0 Å². The Morgan fingerprint density at radius 2 is 1.08 bits per heavy atom. The van der Waals surface area contributed by atoms with Crippen LogP contribution < -0.4 is 0 Å². The molecule has 0 radical (unpaired) electrons. The van der Waals surface area contributed by atoms with Crippen LogP contribution in [0.5, 0.6) is 0 Å². The number of halogens is 1. The number of rotatable bonds is 15. The zero-order chi connectivity index (χ0) is 34.9. The van der Waals surface area contributed by atoms with Crippen LogP contribution in [0.1, 0.15) is 52.3 Å². The van der Waals surface area contributed by atoms with E-state index in [-0.39, 0.29) is 6.61 Å². The first-order valence-electron chi connectivity index (χ1n) is 17.6. The number of hydrogen-bond acceptors (Lipinski definition) is 6. The van der Waals surface area contributed by atoms with Crippen LogP contribution in [-0.2, 0) is 55.5 Å². The highest BCUT2D eigenvalue weighted by atomic mass is 35.5. The van der Waals surface area contributed by atoms with Gasteiger partial charge in [-0.1, -0.05) is 145 Å². The quantitative estimate of drug-likeness (QED) is 0.109. The summed E-state index contributed by atoms with van der Waals surface area (Å²) in [6.07, 6.45) is -1.19. The normalized spacial score (nSPS) is 22.2. The molecule has 7 rings (SSSR count). The van der Waals surface area contributed by atoms with Crippen LogP contribution in [0.4, 0.5) is 0 Å². The van der Waals surface area contributed by atoms with Crippen molar-refractivity contribution >= 4 is 11.6 Å². The Labute approximate surface area is 305 Å². The molecule has 0 spiro atoms. The Balaban J connectivity index is 1.27. The third-order valence-corrected chi connectivity index (χ3v) is 10.0. The van der Waals surface area contributed by atoms with Gasteiger partial charge in [-0.15, -0.1) is 0 Å². The molecule has 1 saturated heterocycles. The van der Waals surface area contributed by atoms with Gasteiger partial charge in [-0.3, -0.25) is 0 Å². The maximum absolute atomic E-state index is 10.1. The standard InChI is InChI=1S/C44H42ClNO5/c45-38-22-21-36(25-37(38)44(31-46)23-24-44)40-42(49-28-34-17-9-3-10-18-34)43(50-29-35-19-11-4-12-20-35)41(48-27-33-15-7-2-8-16-33)39(51-40)30-47-26-32-13-5-1-6-14-32/h1-22,25,39-43H,23-24,26-30H2/t39-,40+,41-,42+,43+/m1/s1. The molecule has 5 aromatic rings. The topological polar surface area (TPSA) is 69.9 Å². The van der Waals surface area contributed by atoms with Crippen LogP contribution in [0, 0.1) is 11.3 Å². The molecule has 1 aliphatic carbocycles. The van der Waals surface area contributed by atoms with Gasteiger partial charge in [-0.05, 0) is 52.3 Å². The first-order chi connectivity index (χ1) is 25.1. The lowest BCUT2D eigenvalue weighted by molar-refractivity contribution is -0.275. The maximum Gasteiger partial charge on any atom is 0.117 e. The summed E-state index contributed by atoms with van der Waals surface area (Å²) in [5.74, 6) is 0. The summed E-state index contributed by atoms with van der Waals surface area (Å²) >= 11 is 6.75. The van der Waals surface area contributed by atoms with E-state index in [4.69, 9.17) is 35.3 Å². The maximum atomic E-state index is 10.1. The first-order valence-corrected chi connectivity index (χ1v) is 17.9. The minimum Gasteiger partial charge on any atom is -0.374 e. The van der Waals surface area contributed by atoms with Crippen LogP contribution in [-0.4, -0.2) is 31.0 Å². The second-order valence-corrected chi connectivity index (χ2v) is 13.7. The molecule has 5 atom stereocenters. The summed E-state index contributed by atoms with van der Waals surface area (Å²) in [5.41, 5.74) is 5.31. The van der Waals surface area contributed by atoms with E-state index in [0.29, 0.717) is 31.5 Å². The fourth-order valence-corrected chi connectivity index (χ4v) is 7.01. The summed E-state index contributed by atoms with van der Waals surface area (Å²) in [5, 5.41) is 10.7. The Bertz CT molecular complexity index is 1860. The minimum absolute atomic E-state index is 0.268. The van der Waals surface area contributed by atoms with E-state index in [9.17, 15) is 5.26 Å². The van der Waals surface area contributed by atoms with Crippen LogP contribution in [0.2, 0.25) is 5.02 Å². The molecule has 2 fully saturated rings. The Morgan fingerprint density at radius 1 is 0.608 bits per heavy atom. The van der Waals surface area contributed by atoms with Crippen molar-refractivity contribution in [2.75, 3.05) is 6.61 Å². The van der Waals surface area contributed by atoms with Gasteiger partial charge in [-0.2, -0.15) is 5.26 Å². The van der Waals surface area contributed by atoms with E-state index in [1.54, 1.807) is 0 Å². The summed E-state index contributed by atoms with van der Waals surface area (Å²) in [7, 11) is 0. The lowest BCUT2D eigenvalue weighted by atomic mass is 9.88. The molecule has 1 heterocycles. The molecule has 51 heavy (non-hydrogen) atoms. The van der Waals surface area contributed by atoms with Crippen molar-refractivity contribution in [3.05, 3.63) is 178 Å². The van der Waals surface area contributed by atoms with Crippen molar-refractivity contribution in [3.63, 3.8) is 0 Å². The van der Waals surface area contributed by atoms with Gasteiger partial charge < -0.3 is 23.7 Å². The number of hydrogen-bond donors (Lipinski definition) is 0. The number of benzene rings is 5. The van der Waals surface area contributed by atoms with Gasteiger partial charge in [0.2, 0.25) is 0 Å². The molecule has 0 N–H and O–H groups in total. The molecule has 6 nitrogen and oxygen atoms in total. The van der Waals surface area contributed by atoms with Crippen molar-refractivity contribution in [1.29, 1.82) is 5.26 Å². The van der Waals surface area contributed by atoms with Crippen molar-refractivity contribution in [3.8, 4) is 6.07 Å². The van der Waals surface area contributed by atoms with Crippen molar-refractivity contribution in [2.45, 2.75) is 75.2 Å². The Kier molecular flexibility index (Phi) is 11.6. The third kappa shape index (κ3) is 8.77. The van der Waals surface area contributed by atoms with E-state index in [1.807, 2.05) is 115 Å². The SMILES string of the molecule is N#CC1(c2cc([C@@H]3O[C@H](COCc4ccccc4)[C@@H](OCc4ccccc4)[C@H](OCc4ccccc4)[C@H]3OCc3ccccc3)ccc2Cl)CC1. The highest BCUT2D eigenvalue weighted by molar-refractivity contribution is 6.31. The van der Waals surface area contributed by atoms with E-state index in [2.05, 4.69) is 30.3 Å². The van der Waals surface area contributed by atoms with Gasteiger partial charge >= 0.3 is 0 Å². The highest BCUT2D eigenvalue weighted by Crippen LogP contribution is 2.51. The molecule has 0 unspecified atom stereocenters. The molecule has 0 bridgehead atoms. The summed E-state index contributed by atoms with van der Waals surface area (Å²) in [6.45, 7) is 1.76. The molecule has 5 aromatic carbocycles. The minimum atomic E-state index is -0.578. The molecular weight excluding hydrogens is 658 g/mol. The van der Waals surface area contributed by atoms with Gasteiger partial charge in [0.15, 0.2) is 0 Å². The molecular formula is C44H42ClNO5. The Morgan fingerprint density at radius 3 is 1.57 bits per heavy atom. The van der Waals surface area contributed by atoms with Gasteiger partial charge in [-0.25, -0.2) is 0 Å². The summed E-state index contributed by atoms with van der Waals surface area (Å²) in [4.78, 5) is 0. The van der Waals surface area contributed by atoms with E-state index < -0.39 is 35.9 Å². The first kappa shape index (κ1) is 35.1. The number of ether oxygens (including phenoxy) is 5. The van der Waals surface area contributed by atoms with Crippen LogP contribution in [0.15, 0.2) is 140 Å². The molecule has 260 valence electrons. The second kappa shape index (κ2) is 16.8. The second-order valence-electron chi connectivity index (χ2n) is 13.3. The Hall–Kier alpha value is -4.32. The predicted octanol–water partition coefficient (Wildman–Crippen LogP) is 9.31. The van der Waals surface area contributed by atoms with Crippen LogP contribution in [0.25, 0.3) is 0 Å². The number of nitriles is 1. The summed E-state index contributed by atoms with van der Waals surface area (Å²) in [6, 6.07) is 48.8. The largest absolute Gasteiger partial charge is 0.374 e. The van der Waals surface area contributed by atoms with Crippen molar-refractivity contribution < 1.29 is 23.7 Å². The number of nitrogens with zero attached hydrogens (tertiary/aromatic N) is 1. The van der Waals surface area contributed by atoms with Gasteiger partial charge in [0.1, 0.15) is 30.5 Å². The zero-order valence-corrected chi connectivity index (χ0v) is 29.2. The zero-order valence-electron chi connectivity index (χ0n) is 28.5. The fraction of sp³-hybridized carbons (Fsp3) is 0.295. The van der Waals surface area contributed by atoms with Crippen molar-refractivity contribution in [1.82, 2.24) is 0 Å². The lowest BCUT2D eigenvalue weighted by Gasteiger charge is -2.46. The van der Waals surface area contributed by atoms with Crippen LogP contribution in [0.3, 0.4) is 0 Å². The molecule has 7 heteroatoms. The highest BCUT2D eigenvalue weighted by Gasteiger charge is 2.50. The molecule has 0 amide bonds. The van der Waals surface area contributed by atoms with E-state index >= 15 is 0 Å². The van der Waals surface area contributed by atoms with Crippen LogP contribution >= 0.6 is 11.6 Å². The monoisotopic (exact) mass is 699 g/mol. The summed E-state index contributed by atoms with van der Waals surface area (Å²) < 4.78 is 34.0. The predicted molar refractivity (Wildman–Crippen MR) is 197 cm³/mol. The van der Waals surface area contributed by atoms with Gasteiger partial charge in [0, 0.05) is 5.02 Å². The van der Waals surface area contributed by atoms with Gasteiger partial charge in [0.25, 0.3) is 0 Å². The lowest BCUT2D eigenvalue weighted by Crippen LogP contribution is -2.58. The molecule has 0 aromatic heterocycles. The molecule has 1 aliphatic heterocycles. The average molecular weight is 700 g/mol. The third-order valence-electron chi connectivity index (χ3n) is 9.68. The van der Waals surface area contributed by atoms with E-state index in [0.717, 1.165) is 46.2 Å². The van der Waals surface area contributed by atoms with Gasteiger partial charge in [0.05, 0.1) is 44.5 Å². The average Bonchev–Trinajstić information content (AvgIpc) is 3.99. The molecule has 2 aliphatic rings. The van der Waals surface area contributed by atoms with E-state index in [1.165, 1.54) is 0 Å².